The highest BCUT2D eigenvalue weighted by atomic mass is 32.2. The van der Waals surface area contributed by atoms with Crippen LogP contribution in [0.5, 0.6) is 0 Å². The van der Waals surface area contributed by atoms with E-state index in [0.29, 0.717) is 13.2 Å². The van der Waals surface area contributed by atoms with E-state index in [2.05, 4.69) is 36.5 Å². The minimum Gasteiger partial charge on any atom is -0.468 e. The SMILES string of the molecule is CCCCOC(=O)C(C)(C)Sc1ccc(CNCc2ccco2)cc1. The third-order valence-corrected chi connectivity index (χ3v) is 4.91. The Bertz CT molecular complexity index is 635. The van der Waals surface area contributed by atoms with Crippen molar-refractivity contribution in [2.24, 2.45) is 0 Å². The van der Waals surface area contributed by atoms with Crippen LogP contribution in [0.3, 0.4) is 0 Å². The Hall–Kier alpha value is -1.72. The zero-order chi connectivity index (χ0) is 18.1. The monoisotopic (exact) mass is 361 g/mol. The molecule has 0 fully saturated rings. The predicted octanol–water partition coefficient (Wildman–Crippen LogP) is 4.78. The molecular formula is C20H27NO3S. The van der Waals surface area contributed by atoms with Crippen LogP contribution in [-0.2, 0) is 22.6 Å². The normalized spacial score (nSPS) is 11.5. The van der Waals surface area contributed by atoms with Crippen LogP contribution in [-0.4, -0.2) is 17.3 Å². The molecule has 136 valence electrons. The van der Waals surface area contributed by atoms with Crippen molar-refractivity contribution in [1.29, 1.82) is 0 Å². The van der Waals surface area contributed by atoms with Gasteiger partial charge in [-0.25, -0.2) is 0 Å². The van der Waals surface area contributed by atoms with E-state index in [1.165, 1.54) is 17.3 Å². The molecule has 0 bridgehead atoms. The second kappa shape index (κ2) is 9.68. The Balaban J connectivity index is 1.81. The summed E-state index contributed by atoms with van der Waals surface area (Å²) >= 11 is 1.53. The second-order valence-corrected chi connectivity index (χ2v) is 8.12. The Morgan fingerprint density at radius 1 is 1.20 bits per heavy atom. The number of unbranched alkanes of at least 4 members (excludes halogenated alkanes) is 1. The zero-order valence-corrected chi connectivity index (χ0v) is 16.0. The van der Waals surface area contributed by atoms with Gasteiger partial charge < -0.3 is 14.5 Å². The summed E-state index contributed by atoms with van der Waals surface area (Å²) in [5, 5.41) is 3.34. The molecule has 2 rings (SSSR count). The highest BCUT2D eigenvalue weighted by molar-refractivity contribution is 8.01. The van der Waals surface area contributed by atoms with Gasteiger partial charge in [0.05, 0.1) is 19.4 Å². The fourth-order valence-electron chi connectivity index (χ4n) is 2.24. The Kier molecular flexibility index (Phi) is 7.59. The van der Waals surface area contributed by atoms with Crippen molar-refractivity contribution in [3.63, 3.8) is 0 Å². The Morgan fingerprint density at radius 3 is 2.60 bits per heavy atom. The summed E-state index contributed by atoms with van der Waals surface area (Å²) in [4.78, 5) is 13.3. The van der Waals surface area contributed by atoms with Gasteiger partial charge >= 0.3 is 5.97 Å². The number of rotatable bonds is 10. The maximum Gasteiger partial charge on any atom is 0.321 e. The van der Waals surface area contributed by atoms with Crippen LogP contribution in [0.1, 0.15) is 44.9 Å². The first-order chi connectivity index (χ1) is 12.0. The van der Waals surface area contributed by atoms with E-state index >= 15 is 0 Å². The number of furan rings is 1. The van der Waals surface area contributed by atoms with E-state index < -0.39 is 4.75 Å². The van der Waals surface area contributed by atoms with E-state index in [4.69, 9.17) is 9.15 Å². The van der Waals surface area contributed by atoms with Crippen molar-refractivity contribution in [2.45, 2.75) is 56.3 Å². The fourth-order valence-corrected chi connectivity index (χ4v) is 3.24. The average molecular weight is 362 g/mol. The highest BCUT2D eigenvalue weighted by Crippen LogP contribution is 2.33. The molecule has 4 nitrogen and oxygen atoms in total. The summed E-state index contributed by atoms with van der Waals surface area (Å²) in [5.74, 6) is 0.769. The van der Waals surface area contributed by atoms with E-state index in [-0.39, 0.29) is 5.97 Å². The number of nitrogens with one attached hydrogen (secondary N) is 1. The number of carbonyl (C=O) groups excluding carboxylic acids is 1. The molecule has 0 unspecified atom stereocenters. The van der Waals surface area contributed by atoms with Crippen molar-refractivity contribution in [1.82, 2.24) is 5.32 Å². The van der Waals surface area contributed by atoms with Gasteiger partial charge in [-0.3, -0.25) is 4.79 Å². The topological polar surface area (TPSA) is 51.5 Å². The Morgan fingerprint density at radius 2 is 1.96 bits per heavy atom. The van der Waals surface area contributed by atoms with E-state index in [1.54, 1.807) is 6.26 Å². The molecule has 1 aromatic heterocycles. The minimum absolute atomic E-state index is 0.157. The van der Waals surface area contributed by atoms with Crippen molar-refractivity contribution < 1.29 is 13.9 Å². The van der Waals surface area contributed by atoms with Crippen LogP contribution in [0.4, 0.5) is 0 Å². The number of benzene rings is 1. The molecule has 5 heteroatoms. The van der Waals surface area contributed by atoms with E-state index in [9.17, 15) is 4.79 Å². The Labute approximate surface area is 154 Å². The van der Waals surface area contributed by atoms with Gasteiger partial charge in [0.1, 0.15) is 10.5 Å². The zero-order valence-electron chi connectivity index (χ0n) is 15.2. The molecule has 2 aromatic rings. The van der Waals surface area contributed by atoms with Gasteiger partial charge in [-0.15, -0.1) is 11.8 Å². The molecule has 0 aliphatic rings. The number of hydrogen-bond acceptors (Lipinski definition) is 5. The van der Waals surface area contributed by atoms with Gasteiger partial charge in [0.2, 0.25) is 0 Å². The van der Waals surface area contributed by atoms with Gasteiger partial charge in [0.25, 0.3) is 0 Å². The van der Waals surface area contributed by atoms with Crippen LogP contribution < -0.4 is 5.32 Å². The maximum atomic E-state index is 12.2. The van der Waals surface area contributed by atoms with E-state index in [0.717, 1.165) is 30.0 Å². The molecule has 0 aliphatic heterocycles. The lowest BCUT2D eigenvalue weighted by Gasteiger charge is -2.22. The standard InChI is InChI=1S/C20H27NO3S/c1-4-5-12-24-19(22)20(2,3)25-18-10-8-16(9-11-18)14-21-15-17-7-6-13-23-17/h6-11,13,21H,4-5,12,14-15H2,1-3H3. The second-order valence-electron chi connectivity index (χ2n) is 6.43. The third kappa shape index (κ3) is 6.59. The minimum atomic E-state index is -0.590. The number of hydrogen-bond donors (Lipinski definition) is 1. The van der Waals surface area contributed by atoms with Crippen LogP contribution in [0, 0.1) is 0 Å². The molecule has 1 heterocycles. The number of carbonyl (C=O) groups is 1. The molecule has 0 spiro atoms. The molecule has 0 saturated carbocycles. The summed E-state index contributed by atoms with van der Waals surface area (Å²) in [6.07, 6.45) is 3.61. The first-order valence-corrected chi connectivity index (χ1v) is 9.51. The molecule has 0 atom stereocenters. The summed E-state index contributed by atoms with van der Waals surface area (Å²) in [7, 11) is 0. The maximum absolute atomic E-state index is 12.2. The molecule has 0 saturated heterocycles. The molecule has 1 N–H and O–H groups in total. The van der Waals surface area contributed by atoms with Gasteiger partial charge in [-0.1, -0.05) is 25.5 Å². The molecular weight excluding hydrogens is 334 g/mol. The smallest absolute Gasteiger partial charge is 0.321 e. The molecule has 25 heavy (non-hydrogen) atoms. The van der Waals surface area contributed by atoms with Gasteiger partial charge in [0.15, 0.2) is 0 Å². The van der Waals surface area contributed by atoms with Gasteiger partial charge in [-0.05, 0) is 50.1 Å². The van der Waals surface area contributed by atoms with Crippen molar-refractivity contribution in [2.75, 3.05) is 6.61 Å². The predicted molar refractivity (Wildman–Crippen MR) is 101 cm³/mol. The number of esters is 1. The van der Waals surface area contributed by atoms with Crippen molar-refractivity contribution >= 4 is 17.7 Å². The largest absolute Gasteiger partial charge is 0.468 e. The molecule has 0 aliphatic carbocycles. The first-order valence-electron chi connectivity index (χ1n) is 8.69. The summed E-state index contributed by atoms with van der Waals surface area (Å²) in [6.45, 7) is 7.88. The quantitative estimate of drug-likeness (QED) is 0.375. The van der Waals surface area contributed by atoms with E-state index in [1.807, 2.05) is 26.0 Å². The number of thioether (sulfide) groups is 1. The fraction of sp³-hybridized carbons (Fsp3) is 0.450. The first kappa shape index (κ1) is 19.6. The van der Waals surface area contributed by atoms with Crippen LogP contribution in [0.15, 0.2) is 52.0 Å². The third-order valence-electron chi connectivity index (χ3n) is 3.73. The van der Waals surface area contributed by atoms with Crippen LogP contribution in [0.25, 0.3) is 0 Å². The lowest BCUT2D eigenvalue weighted by atomic mass is 10.2. The summed E-state index contributed by atoms with van der Waals surface area (Å²) in [6, 6.07) is 12.1. The number of ether oxygens (including phenoxy) is 1. The van der Waals surface area contributed by atoms with Crippen LogP contribution >= 0.6 is 11.8 Å². The van der Waals surface area contributed by atoms with Gasteiger partial charge in [-0.2, -0.15) is 0 Å². The lowest BCUT2D eigenvalue weighted by Crippen LogP contribution is -2.30. The molecule has 0 radical (unpaired) electrons. The lowest BCUT2D eigenvalue weighted by molar-refractivity contribution is -0.145. The van der Waals surface area contributed by atoms with Gasteiger partial charge in [0, 0.05) is 11.4 Å². The highest BCUT2D eigenvalue weighted by Gasteiger charge is 2.30. The molecule has 0 amide bonds. The molecule has 1 aromatic carbocycles. The van der Waals surface area contributed by atoms with Crippen LogP contribution in [0.2, 0.25) is 0 Å². The summed E-state index contributed by atoms with van der Waals surface area (Å²) in [5.41, 5.74) is 1.19. The average Bonchev–Trinajstić information content (AvgIpc) is 3.10. The van der Waals surface area contributed by atoms with Crippen molar-refractivity contribution in [3.05, 3.63) is 54.0 Å². The van der Waals surface area contributed by atoms with Crippen molar-refractivity contribution in [3.8, 4) is 0 Å². The summed E-state index contributed by atoms with van der Waals surface area (Å²) < 4.78 is 10.1.